The Hall–Kier alpha value is -0.120. The molecule has 1 aliphatic rings. The number of methoxy groups -OCH3 is 1. The van der Waals surface area contributed by atoms with E-state index in [1.807, 2.05) is 0 Å². The molecule has 0 aliphatic carbocycles. The molecule has 3 heteroatoms. The van der Waals surface area contributed by atoms with Crippen molar-refractivity contribution in [3.63, 3.8) is 0 Å². The van der Waals surface area contributed by atoms with Crippen LogP contribution >= 0.6 is 0 Å². The molecule has 1 unspecified atom stereocenters. The summed E-state index contributed by atoms with van der Waals surface area (Å²) >= 11 is 0. The Kier molecular flexibility index (Phi) is 3.71. The number of nitrogens with two attached hydrogens (primary N) is 1. The maximum atomic E-state index is 5.63. The summed E-state index contributed by atoms with van der Waals surface area (Å²) in [6.07, 6.45) is 1.25. The number of hydrogen-bond acceptors (Lipinski definition) is 3. The van der Waals surface area contributed by atoms with Gasteiger partial charge in [0.1, 0.15) is 0 Å². The van der Waals surface area contributed by atoms with Crippen LogP contribution in [0.4, 0.5) is 0 Å². The second kappa shape index (κ2) is 4.40. The Labute approximate surface area is 81.2 Å². The van der Waals surface area contributed by atoms with Crippen LogP contribution in [0.25, 0.3) is 0 Å². The molecule has 1 saturated heterocycles. The second-order valence-corrected chi connectivity index (χ2v) is 4.59. The van der Waals surface area contributed by atoms with Crippen LogP contribution in [0.3, 0.4) is 0 Å². The van der Waals surface area contributed by atoms with E-state index in [-0.39, 0.29) is 5.60 Å². The maximum absolute atomic E-state index is 5.63. The van der Waals surface area contributed by atoms with Crippen LogP contribution in [0.5, 0.6) is 0 Å². The third kappa shape index (κ3) is 3.25. The van der Waals surface area contributed by atoms with E-state index in [9.17, 15) is 0 Å². The fourth-order valence-corrected chi connectivity index (χ4v) is 1.85. The van der Waals surface area contributed by atoms with Gasteiger partial charge in [0.25, 0.3) is 0 Å². The Morgan fingerprint density at radius 2 is 2.23 bits per heavy atom. The van der Waals surface area contributed by atoms with Gasteiger partial charge in [-0.3, -0.25) is 0 Å². The zero-order valence-corrected chi connectivity index (χ0v) is 9.05. The van der Waals surface area contributed by atoms with Gasteiger partial charge in [0.2, 0.25) is 0 Å². The van der Waals surface area contributed by atoms with Gasteiger partial charge >= 0.3 is 0 Å². The lowest BCUT2D eigenvalue weighted by molar-refractivity contribution is -0.00312. The molecule has 0 saturated carbocycles. The third-order valence-corrected chi connectivity index (χ3v) is 2.86. The average molecular weight is 186 g/mol. The first-order valence-electron chi connectivity index (χ1n) is 5.05. The van der Waals surface area contributed by atoms with Gasteiger partial charge in [0.05, 0.1) is 5.60 Å². The predicted molar refractivity (Wildman–Crippen MR) is 54.7 cm³/mol. The van der Waals surface area contributed by atoms with Crippen LogP contribution in [0.1, 0.15) is 20.3 Å². The molecule has 0 amide bonds. The first-order valence-corrected chi connectivity index (χ1v) is 5.05. The van der Waals surface area contributed by atoms with E-state index in [2.05, 4.69) is 18.7 Å². The molecule has 1 rings (SSSR count). The lowest BCUT2D eigenvalue weighted by atomic mass is 10.1. The number of ether oxygens (including phenoxy) is 1. The highest BCUT2D eigenvalue weighted by atomic mass is 16.5. The molecule has 0 aromatic carbocycles. The molecule has 1 fully saturated rings. The van der Waals surface area contributed by atoms with Crippen LogP contribution in [-0.2, 0) is 4.74 Å². The number of rotatable bonds is 4. The van der Waals surface area contributed by atoms with Crippen LogP contribution < -0.4 is 5.73 Å². The molecular weight excluding hydrogens is 164 g/mol. The third-order valence-electron chi connectivity index (χ3n) is 2.86. The second-order valence-electron chi connectivity index (χ2n) is 4.59. The molecule has 13 heavy (non-hydrogen) atoms. The van der Waals surface area contributed by atoms with Gasteiger partial charge in [-0.15, -0.1) is 0 Å². The number of nitrogens with zero attached hydrogens (tertiary/aromatic N) is 1. The van der Waals surface area contributed by atoms with Crippen molar-refractivity contribution in [2.75, 3.05) is 33.3 Å². The lowest BCUT2D eigenvalue weighted by Gasteiger charge is -2.28. The maximum Gasteiger partial charge on any atom is 0.0749 e. The van der Waals surface area contributed by atoms with E-state index >= 15 is 0 Å². The topological polar surface area (TPSA) is 38.5 Å². The Bertz CT molecular complexity index is 159. The van der Waals surface area contributed by atoms with Crippen LogP contribution in [0.2, 0.25) is 0 Å². The fraction of sp³-hybridized carbons (Fsp3) is 1.00. The summed E-state index contributed by atoms with van der Waals surface area (Å²) in [4.78, 5) is 2.45. The molecule has 0 aromatic heterocycles. The number of hydrogen-bond donors (Lipinski definition) is 1. The summed E-state index contributed by atoms with van der Waals surface area (Å²) in [6.45, 7) is 8.41. The van der Waals surface area contributed by atoms with Gasteiger partial charge in [-0.05, 0) is 39.3 Å². The quantitative estimate of drug-likeness (QED) is 0.702. The van der Waals surface area contributed by atoms with E-state index < -0.39 is 0 Å². The summed E-state index contributed by atoms with van der Waals surface area (Å²) in [5.74, 6) is 0.702. The molecule has 0 bridgehead atoms. The van der Waals surface area contributed by atoms with Crippen LogP contribution in [0, 0.1) is 5.92 Å². The summed E-state index contributed by atoms with van der Waals surface area (Å²) in [5, 5.41) is 0. The van der Waals surface area contributed by atoms with Crippen LogP contribution in [0.15, 0.2) is 0 Å². The van der Waals surface area contributed by atoms with Crippen molar-refractivity contribution in [2.45, 2.75) is 25.9 Å². The molecular formula is C10H22N2O. The first kappa shape index (κ1) is 11.0. The SMILES string of the molecule is COC(C)(C)CN1CCC(CN)C1. The van der Waals surface area contributed by atoms with Gasteiger partial charge in [-0.1, -0.05) is 0 Å². The van der Waals surface area contributed by atoms with Crippen molar-refractivity contribution < 1.29 is 4.74 Å². The van der Waals surface area contributed by atoms with Gasteiger partial charge in [-0.25, -0.2) is 0 Å². The summed E-state index contributed by atoms with van der Waals surface area (Å²) in [6, 6.07) is 0. The highest BCUT2D eigenvalue weighted by Gasteiger charge is 2.26. The van der Waals surface area contributed by atoms with Gasteiger partial charge in [0.15, 0.2) is 0 Å². The highest BCUT2D eigenvalue weighted by Crippen LogP contribution is 2.18. The molecule has 2 N–H and O–H groups in total. The molecule has 0 radical (unpaired) electrons. The molecule has 1 heterocycles. The Morgan fingerprint density at radius 3 is 2.69 bits per heavy atom. The normalized spacial score (nSPS) is 25.4. The van der Waals surface area contributed by atoms with Crippen LogP contribution in [-0.4, -0.2) is 43.8 Å². The summed E-state index contributed by atoms with van der Waals surface area (Å²) in [5.41, 5.74) is 5.61. The van der Waals surface area contributed by atoms with Gasteiger partial charge < -0.3 is 15.4 Å². The monoisotopic (exact) mass is 186 g/mol. The standard InChI is InChI=1S/C10H22N2O/c1-10(2,13-3)8-12-5-4-9(6-11)7-12/h9H,4-8,11H2,1-3H3. The summed E-state index contributed by atoms with van der Waals surface area (Å²) < 4.78 is 5.40. The minimum absolute atomic E-state index is 0.0243. The number of likely N-dealkylation sites (tertiary alicyclic amines) is 1. The van der Waals surface area contributed by atoms with E-state index in [0.29, 0.717) is 5.92 Å². The van der Waals surface area contributed by atoms with E-state index in [1.165, 1.54) is 13.0 Å². The average Bonchev–Trinajstić information content (AvgIpc) is 2.52. The van der Waals surface area contributed by atoms with Crippen molar-refractivity contribution in [1.82, 2.24) is 4.90 Å². The fourth-order valence-electron chi connectivity index (χ4n) is 1.85. The predicted octanol–water partition coefficient (Wildman–Crippen LogP) is 0.692. The lowest BCUT2D eigenvalue weighted by Crippen LogP contribution is -2.39. The van der Waals surface area contributed by atoms with E-state index in [1.54, 1.807) is 7.11 Å². The van der Waals surface area contributed by atoms with Crippen molar-refractivity contribution in [1.29, 1.82) is 0 Å². The van der Waals surface area contributed by atoms with E-state index in [0.717, 1.165) is 19.6 Å². The molecule has 0 aromatic rings. The molecule has 1 atom stereocenters. The van der Waals surface area contributed by atoms with Crippen molar-refractivity contribution >= 4 is 0 Å². The molecule has 3 nitrogen and oxygen atoms in total. The minimum Gasteiger partial charge on any atom is -0.377 e. The largest absolute Gasteiger partial charge is 0.377 e. The van der Waals surface area contributed by atoms with Crippen molar-refractivity contribution in [3.05, 3.63) is 0 Å². The Balaban J connectivity index is 2.31. The highest BCUT2D eigenvalue weighted by molar-refractivity contribution is 4.81. The smallest absolute Gasteiger partial charge is 0.0749 e. The minimum atomic E-state index is -0.0243. The Morgan fingerprint density at radius 1 is 1.54 bits per heavy atom. The zero-order chi connectivity index (χ0) is 9.90. The zero-order valence-electron chi connectivity index (χ0n) is 9.05. The molecule has 1 aliphatic heterocycles. The van der Waals surface area contributed by atoms with E-state index in [4.69, 9.17) is 10.5 Å². The molecule has 78 valence electrons. The summed E-state index contributed by atoms with van der Waals surface area (Å²) in [7, 11) is 1.77. The first-order chi connectivity index (χ1) is 6.07. The van der Waals surface area contributed by atoms with Crippen molar-refractivity contribution in [2.24, 2.45) is 11.7 Å². The van der Waals surface area contributed by atoms with Crippen molar-refractivity contribution in [3.8, 4) is 0 Å². The molecule has 0 spiro atoms. The van der Waals surface area contributed by atoms with Gasteiger partial charge in [-0.2, -0.15) is 0 Å². The van der Waals surface area contributed by atoms with Gasteiger partial charge in [0, 0.05) is 20.2 Å².